The summed E-state index contributed by atoms with van der Waals surface area (Å²) in [7, 11) is -3.64. The van der Waals surface area contributed by atoms with Crippen LogP contribution in [0.4, 0.5) is 19.0 Å². The summed E-state index contributed by atoms with van der Waals surface area (Å²) < 4.78 is 65.0. The highest BCUT2D eigenvalue weighted by molar-refractivity contribution is 7.90. The lowest BCUT2D eigenvalue weighted by Crippen LogP contribution is -2.25. The highest BCUT2D eigenvalue weighted by atomic mass is 32.2. The molecule has 0 aliphatic carbocycles. The number of benzene rings is 1. The molecule has 40 heavy (non-hydrogen) atoms. The molecular formula is C27H24F3N5O4S. The van der Waals surface area contributed by atoms with Crippen molar-refractivity contribution in [2.75, 3.05) is 12.0 Å². The number of aromatic nitrogens is 3. The lowest BCUT2D eigenvalue weighted by Gasteiger charge is -2.13. The van der Waals surface area contributed by atoms with Crippen molar-refractivity contribution in [3.05, 3.63) is 117 Å². The van der Waals surface area contributed by atoms with Crippen molar-refractivity contribution in [3.8, 4) is 0 Å². The number of nitrogen functional groups attached to an aromatic ring is 1. The van der Waals surface area contributed by atoms with E-state index in [4.69, 9.17) is 5.73 Å². The number of alkyl halides is 3. The lowest BCUT2D eigenvalue weighted by molar-refractivity contribution is -0.141. The maximum Gasteiger partial charge on any atom is 0.433 e. The highest BCUT2D eigenvalue weighted by Gasteiger charge is 2.35. The van der Waals surface area contributed by atoms with Crippen molar-refractivity contribution in [3.63, 3.8) is 0 Å². The fourth-order valence-electron chi connectivity index (χ4n) is 4.09. The molecule has 1 amide bonds. The number of nitrogens with zero attached hydrogens (tertiary/aromatic N) is 2. The van der Waals surface area contributed by atoms with Crippen molar-refractivity contribution in [1.82, 2.24) is 20.3 Å². The highest BCUT2D eigenvalue weighted by Crippen LogP contribution is 2.31. The third kappa shape index (κ3) is 6.91. The van der Waals surface area contributed by atoms with Gasteiger partial charge >= 0.3 is 6.18 Å². The zero-order valence-electron chi connectivity index (χ0n) is 21.1. The molecule has 0 fully saturated rings. The van der Waals surface area contributed by atoms with Crippen LogP contribution >= 0.6 is 0 Å². The number of amides is 1. The van der Waals surface area contributed by atoms with Gasteiger partial charge in [-0.15, -0.1) is 0 Å². The van der Waals surface area contributed by atoms with Gasteiger partial charge in [-0.05, 0) is 41.5 Å². The molecule has 4 N–H and O–H groups in total. The second-order valence-electron chi connectivity index (χ2n) is 9.05. The number of anilines is 1. The lowest BCUT2D eigenvalue weighted by atomic mass is 10.0. The van der Waals surface area contributed by atoms with Crippen LogP contribution in [-0.2, 0) is 35.4 Å². The average molecular weight is 572 g/mol. The van der Waals surface area contributed by atoms with Gasteiger partial charge in [-0.2, -0.15) is 13.2 Å². The Kier molecular flexibility index (Phi) is 8.05. The Morgan fingerprint density at radius 2 is 1.77 bits per heavy atom. The van der Waals surface area contributed by atoms with Gasteiger partial charge in [0.15, 0.2) is 15.5 Å². The largest absolute Gasteiger partial charge is 0.433 e. The fourth-order valence-corrected chi connectivity index (χ4v) is 5.08. The number of hydrogen-bond donors (Lipinski definition) is 3. The van der Waals surface area contributed by atoms with Crippen molar-refractivity contribution in [2.45, 2.75) is 30.5 Å². The predicted octanol–water partition coefficient (Wildman–Crippen LogP) is 3.28. The van der Waals surface area contributed by atoms with E-state index < -0.39 is 34.2 Å². The van der Waals surface area contributed by atoms with Crippen molar-refractivity contribution < 1.29 is 26.4 Å². The first kappa shape index (κ1) is 28.5. The van der Waals surface area contributed by atoms with Crippen LogP contribution in [0, 0.1) is 0 Å². The number of pyridine rings is 3. The molecule has 0 radical (unpaired) electrons. The molecule has 208 valence electrons. The van der Waals surface area contributed by atoms with E-state index in [0.717, 1.165) is 12.3 Å². The van der Waals surface area contributed by atoms with Crippen LogP contribution in [0.3, 0.4) is 0 Å². The molecular weight excluding hydrogens is 547 g/mol. The number of hydrogen-bond acceptors (Lipinski definition) is 7. The third-order valence-electron chi connectivity index (χ3n) is 5.98. The van der Waals surface area contributed by atoms with Crippen LogP contribution in [-0.4, -0.2) is 35.5 Å². The van der Waals surface area contributed by atoms with E-state index in [0.29, 0.717) is 22.4 Å². The molecule has 0 aliphatic heterocycles. The third-order valence-corrected chi connectivity index (χ3v) is 7.16. The Hall–Kier alpha value is -4.52. The van der Waals surface area contributed by atoms with Gasteiger partial charge in [0, 0.05) is 60.4 Å². The van der Waals surface area contributed by atoms with E-state index in [1.807, 2.05) is 0 Å². The quantitative estimate of drug-likeness (QED) is 0.294. The van der Waals surface area contributed by atoms with Crippen LogP contribution in [0.1, 0.15) is 44.0 Å². The standard InChI is InChI=1S/C27H24F3N5O4S/c1-40(38,39)22-12-16(4-5-17(22)13-18-3-2-9-33-25(18)36)11-21-14-19(8-10-32-21)26(37)34-15-20-6-7-23(31)35-24(20)27(28,29)30/h2-10,12,14H,11,13,15H2,1H3,(H2,31,35)(H,33,36)(H,34,37). The van der Waals surface area contributed by atoms with Crippen LogP contribution in [0.2, 0.25) is 0 Å². The molecule has 1 aromatic carbocycles. The molecule has 0 bridgehead atoms. The van der Waals surface area contributed by atoms with Crippen LogP contribution in [0.25, 0.3) is 0 Å². The van der Waals surface area contributed by atoms with Gasteiger partial charge in [0.2, 0.25) is 0 Å². The number of aromatic amines is 1. The number of carbonyl (C=O) groups is 1. The van der Waals surface area contributed by atoms with Gasteiger partial charge in [-0.25, -0.2) is 13.4 Å². The van der Waals surface area contributed by atoms with E-state index in [2.05, 4.69) is 20.3 Å². The van der Waals surface area contributed by atoms with Gasteiger partial charge in [-0.1, -0.05) is 24.3 Å². The Balaban J connectivity index is 1.52. The number of nitrogens with one attached hydrogen (secondary N) is 2. The molecule has 0 saturated heterocycles. The molecule has 3 aromatic heterocycles. The molecule has 13 heteroatoms. The summed E-state index contributed by atoms with van der Waals surface area (Å²) >= 11 is 0. The first-order valence-electron chi connectivity index (χ1n) is 11.9. The number of halogens is 3. The molecule has 3 heterocycles. The molecule has 9 nitrogen and oxygen atoms in total. The molecule has 0 spiro atoms. The first-order chi connectivity index (χ1) is 18.8. The number of H-pyrrole nitrogens is 1. The van der Waals surface area contributed by atoms with Gasteiger partial charge < -0.3 is 16.0 Å². The summed E-state index contributed by atoms with van der Waals surface area (Å²) in [6.45, 7) is -0.429. The van der Waals surface area contributed by atoms with Crippen LogP contribution < -0.4 is 16.6 Å². The summed E-state index contributed by atoms with van der Waals surface area (Å²) in [4.78, 5) is 35.0. The molecule has 0 aliphatic rings. The predicted molar refractivity (Wildman–Crippen MR) is 141 cm³/mol. The molecule has 0 atom stereocenters. The summed E-state index contributed by atoms with van der Waals surface area (Å²) in [5, 5.41) is 2.45. The smallest absolute Gasteiger partial charge is 0.384 e. The molecule has 0 unspecified atom stereocenters. The van der Waals surface area contributed by atoms with Gasteiger partial charge in [0.1, 0.15) is 5.82 Å². The van der Waals surface area contributed by atoms with E-state index >= 15 is 0 Å². The number of sulfone groups is 1. The number of carbonyl (C=O) groups excluding carboxylic acids is 1. The molecule has 4 aromatic rings. The Morgan fingerprint density at radius 3 is 2.48 bits per heavy atom. The topological polar surface area (TPSA) is 148 Å². The van der Waals surface area contributed by atoms with E-state index in [1.54, 1.807) is 24.3 Å². The molecule has 4 rings (SSSR count). The number of rotatable bonds is 8. The second kappa shape index (κ2) is 11.3. The maximum atomic E-state index is 13.3. The maximum absolute atomic E-state index is 13.3. The summed E-state index contributed by atoms with van der Waals surface area (Å²) in [5.41, 5.74) is 5.71. The van der Waals surface area contributed by atoms with E-state index in [9.17, 15) is 31.2 Å². The first-order valence-corrected chi connectivity index (χ1v) is 13.7. The minimum absolute atomic E-state index is 0.0692. The van der Waals surface area contributed by atoms with Gasteiger partial charge in [0.25, 0.3) is 11.5 Å². The van der Waals surface area contributed by atoms with Gasteiger partial charge in [-0.3, -0.25) is 14.6 Å². The summed E-state index contributed by atoms with van der Waals surface area (Å²) in [6, 6.07) is 13.4. The minimum Gasteiger partial charge on any atom is -0.384 e. The molecule has 0 saturated carbocycles. The Labute approximate surface area is 227 Å². The van der Waals surface area contributed by atoms with Gasteiger partial charge in [0.05, 0.1) is 4.90 Å². The fraction of sp³-hybridized carbons (Fsp3) is 0.185. The average Bonchev–Trinajstić information content (AvgIpc) is 2.89. The van der Waals surface area contributed by atoms with Crippen LogP contribution in [0.5, 0.6) is 0 Å². The van der Waals surface area contributed by atoms with Crippen molar-refractivity contribution in [2.24, 2.45) is 0 Å². The summed E-state index contributed by atoms with van der Waals surface area (Å²) in [5.74, 6) is -0.921. The normalized spacial score (nSPS) is 11.8. The second-order valence-corrected chi connectivity index (χ2v) is 11.0. The SMILES string of the molecule is CS(=O)(=O)c1cc(Cc2cc(C(=O)NCc3ccc(N)nc3C(F)(F)F)ccn2)ccc1Cc1ccc[nH]c1=O. The number of nitrogens with two attached hydrogens (primary N) is 1. The zero-order valence-corrected chi connectivity index (χ0v) is 21.9. The Bertz CT molecular complexity index is 1740. The van der Waals surface area contributed by atoms with E-state index in [-0.39, 0.29) is 40.2 Å². The Morgan fingerprint density at radius 1 is 1.02 bits per heavy atom. The monoisotopic (exact) mass is 571 g/mol. The van der Waals surface area contributed by atoms with E-state index in [1.165, 1.54) is 36.7 Å². The zero-order chi connectivity index (χ0) is 29.1. The van der Waals surface area contributed by atoms with Crippen molar-refractivity contribution >= 4 is 21.6 Å². The minimum atomic E-state index is -4.74. The van der Waals surface area contributed by atoms with Crippen LogP contribution in [0.15, 0.2) is 76.7 Å². The summed E-state index contributed by atoms with van der Waals surface area (Å²) in [6.07, 6.45) is -0.500. The van der Waals surface area contributed by atoms with Crippen molar-refractivity contribution in [1.29, 1.82) is 0 Å².